The first-order chi connectivity index (χ1) is 7.58. The Kier molecular flexibility index (Phi) is 3.14. The van der Waals surface area contributed by atoms with Crippen LogP contribution in [0.4, 0.5) is 0 Å². The highest BCUT2D eigenvalue weighted by atomic mass is 16.3. The first kappa shape index (κ1) is 11.4. The topological polar surface area (TPSA) is 69.6 Å². The van der Waals surface area contributed by atoms with Gasteiger partial charge < -0.3 is 15.3 Å². The minimum Gasteiger partial charge on any atom is -0.391 e. The molecule has 0 aliphatic carbocycles. The highest BCUT2D eigenvalue weighted by Gasteiger charge is 2.34. The Hall–Kier alpha value is -1.10. The quantitative estimate of drug-likeness (QED) is 0.624. The molecule has 0 spiro atoms. The minimum absolute atomic E-state index is 0.00398. The summed E-state index contributed by atoms with van der Waals surface area (Å²) in [6, 6.07) is 0. The largest absolute Gasteiger partial charge is 0.391 e. The fourth-order valence-corrected chi connectivity index (χ4v) is 2.29. The van der Waals surface area contributed by atoms with Gasteiger partial charge in [-0.15, -0.1) is 0 Å². The van der Waals surface area contributed by atoms with Crippen LogP contribution in [-0.4, -0.2) is 47.6 Å². The maximum absolute atomic E-state index is 12.0. The van der Waals surface area contributed by atoms with E-state index in [1.807, 2.05) is 6.92 Å². The van der Waals surface area contributed by atoms with E-state index in [0.29, 0.717) is 26.1 Å². The Morgan fingerprint density at radius 2 is 2.31 bits per heavy atom. The Bertz CT molecular complexity index is 306. The van der Waals surface area contributed by atoms with E-state index < -0.39 is 6.10 Å². The Morgan fingerprint density at radius 1 is 1.56 bits per heavy atom. The Morgan fingerprint density at radius 3 is 2.88 bits per heavy atom. The zero-order valence-electron chi connectivity index (χ0n) is 9.48. The van der Waals surface area contributed by atoms with Crippen molar-refractivity contribution >= 4 is 11.8 Å². The van der Waals surface area contributed by atoms with Crippen LogP contribution >= 0.6 is 0 Å². The van der Waals surface area contributed by atoms with Crippen LogP contribution < -0.4 is 5.32 Å². The van der Waals surface area contributed by atoms with Crippen molar-refractivity contribution in [2.24, 2.45) is 11.8 Å². The zero-order valence-corrected chi connectivity index (χ0v) is 9.48. The van der Waals surface area contributed by atoms with Crippen molar-refractivity contribution in [1.29, 1.82) is 0 Å². The van der Waals surface area contributed by atoms with Gasteiger partial charge in [-0.25, -0.2) is 0 Å². The summed E-state index contributed by atoms with van der Waals surface area (Å²) in [4.78, 5) is 24.7. The third kappa shape index (κ3) is 2.19. The Balaban J connectivity index is 1.92. The lowest BCUT2D eigenvalue weighted by Crippen LogP contribution is -2.48. The molecular formula is C11H18N2O3. The number of hydrogen-bond acceptors (Lipinski definition) is 3. The van der Waals surface area contributed by atoms with Gasteiger partial charge in [0, 0.05) is 26.1 Å². The molecule has 0 saturated carbocycles. The highest BCUT2D eigenvalue weighted by molar-refractivity contribution is 5.89. The lowest BCUT2D eigenvalue weighted by atomic mass is 9.94. The summed E-state index contributed by atoms with van der Waals surface area (Å²) in [6.45, 7) is 3.54. The first-order valence-electron chi connectivity index (χ1n) is 5.81. The second-order valence-corrected chi connectivity index (χ2v) is 4.82. The number of carbonyl (C=O) groups is 2. The lowest BCUT2D eigenvalue weighted by molar-refractivity contribution is -0.139. The number of nitrogens with one attached hydrogen (secondary N) is 1. The van der Waals surface area contributed by atoms with Gasteiger partial charge >= 0.3 is 0 Å². The maximum Gasteiger partial charge on any atom is 0.228 e. The smallest absolute Gasteiger partial charge is 0.228 e. The third-order valence-electron chi connectivity index (χ3n) is 3.56. The lowest BCUT2D eigenvalue weighted by Gasteiger charge is -2.35. The average molecular weight is 226 g/mol. The molecule has 3 atom stereocenters. The van der Waals surface area contributed by atoms with E-state index in [0.717, 1.165) is 6.42 Å². The van der Waals surface area contributed by atoms with Crippen LogP contribution in [0.2, 0.25) is 0 Å². The summed E-state index contributed by atoms with van der Waals surface area (Å²) in [7, 11) is 0. The molecule has 5 nitrogen and oxygen atoms in total. The summed E-state index contributed by atoms with van der Waals surface area (Å²) in [5, 5.41) is 12.4. The maximum atomic E-state index is 12.0. The van der Waals surface area contributed by atoms with Crippen molar-refractivity contribution in [3.8, 4) is 0 Å². The number of rotatable bonds is 1. The van der Waals surface area contributed by atoms with Crippen molar-refractivity contribution in [2.45, 2.75) is 25.9 Å². The van der Waals surface area contributed by atoms with Gasteiger partial charge in [-0.05, 0) is 12.3 Å². The summed E-state index contributed by atoms with van der Waals surface area (Å²) in [5.74, 6) is -0.0194. The molecule has 2 N–H and O–H groups in total. The average Bonchev–Trinajstić information content (AvgIpc) is 2.68. The number of carbonyl (C=O) groups excluding carboxylic acids is 2. The summed E-state index contributed by atoms with van der Waals surface area (Å²) >= 11 is 0. The predicted molar refractivity (Wildman–Crippen MR) is 57.5 cm³/mol. The van der Waals surface area contributed by atoms with Crippen LogP contribution in [0.15, 0.2) is 0 Å². The molecule has 0 aromatic carbocycles. The summed E-state index contributed by atoms with van der Waals surface area (Å²) in [6.07, 6.45) is 0.699. The highest BCUT2D eigenvalue weighted by Crippen LogP contribution is 2.20. The molecule has 2 rings (SSSR count). The third-order valence-corrected chi connectivity index (χ3v) is 3.56. The van der Waals surface area contributed by atoms with Crippen molar-refractivity contribution in [3.63, 3.8) is 0 Å². The number of likely N-dealkylation sites (tertiary alicyclic amines) is 1. The van der Waals surface area contributed by atoms with E-state index in [4.69, 9.17) is 0 Å². The summed E-state index contributed by atoms with van der Waals surface area (Å²) in [5.41, 5.74) is 0. The molecule has 0 aromatic heterocycles. The van der Waals surface area contributed by atoms with Crippen molar-refractivity contribution in [3.05, 3.63) is 0 Å². The molecule has 2 fully saturated rings. The molecule has 0 radical (unpaired) electrons. The molecule has 5 heteroatoms. The molecule has 2 heterocycles. The van der Waals surface area contributed by atoms with Gasteiger partial charge in [0.15, 0.2) is 0 Å². The van der Waals surface area contributed by atoms with Gasteiger partial charge in [0.05, 0.1) is 12.0 Å². The molecule has 2 aliphatic heterocycles. The predicted octanol–water partition coefficient (Wildman–Crippen LogP) is -0.648. The monoisotopic (exact) mass is 226 g/mol. The van der Waals surface area contributed by atoms with Gasteiger partial charge in [-0.1, -0.05) is 6.92 Å². The Labute approximate surface area is 94.8 Å². The molecule has 0 aromatic rings. The van der Waals surface area contributed by atoms with Crippen LogP contribution in [0.3, 0.4) is 0 Å². The molecular weight excluding hydrogens is 208 g/mol. The van der Waals surface area contributed by atoms with Gasteiger partial charge in [-0.3, -0.25) is 9.59 Å². The number of piperidine rings is 1. The number of nitrogens with zero attached hydrogens (tertiary/aromatic N) is 1. The number of hydrogen-bond donors (Lipinski definition) is 2. The van der Waals surface area contributed by atoms with Crippen LogP contribution in [0.5, 0.6) is 0 Å². The van der Waals surface area contributed by atoms with Crippen molar-refractivity contribution in [1.82, 2.24) is 10.2 Å². The van der Waals surface area contributed by atoms with Gasteiger partial charge in [0.1, 0.15) is 0 Å². The van der Waals surface area contributed by atoms with Crippen LogP contribution in [0, 0.1) is 11.8 Å². The van der Waals surface area contributed by atoms with E-state index >= 15 is 0 Å². The molecule has 3 unspecified atom stereocenters. The normalized spacial score (nSPS) is 35.0. The van der Waals surface area contributed by atoms with E-state index in [9.17, 15) is 14.7 Å². The molecule has 2 amide bonds. The molecule has 0 bridgehead atoms. The number of amides is 2. The van der Waals surface area contributed by atoms with Crippen LogP contribution in [0.25, 0.3) is 0 Å². The van der Waals surface area contributed by atoms with E-state index in [1.165, 1.54) is 0 Å². The summed E-state index contributed by atoms with van der Waals surface area (Å²) < 4.78 is 0. The van der Waals surface area contributed by atoms with Crippen LogP contribution in [0.1, 0.15) is 19.8 Å². The number of aliphatic hydroxyl groups excluding tert-OH is 1. The fraction of sp³-hybridized carbons (Fsp3) is 0.818. The molecule has 90 valence electrons. The molecule has 16 heavy (non-hydrogen) atoms. The standard InChI is InChI=1S/C11H18N2O3/c1-7-2-3-13(6-9(7)14)11(16)8-4-10(15)12-5-8/h7-9,14H,2-6H2,1H3,(H,12,15). The minimum atomic E-state index is -0.428. The van der Waals surface area contributed by atoms with Crippen LogP contribution in [-0.2, 0) is 9.59 Å². The number of β-amino-alcohol motifs (C(OH)–C–C–N with tert-alkyl or cyclic N) is 1. The van der Waals surface area contributed by atoms with Gasteiger partial charge in [0.25, 0.3) is 0 Å². The second kappa shape index (κ2) is 4.41. The SMILES string of the molecule is CC1CCN(C(=O)C2CNC(=O)C2)CC1O. The van der Waals surface area contributed by atoms with E-state index in [2.05, 4.69) is 5.32 Å². The van der Waals surface area contributed by atoms with Gasteiger partial charge in [-0.2, -0.15) is 0 Å². The number of aliphatic hydroxyl groups is 1. The molecule has 2 aliphatic rings. The van der Waals surface area contributed by atoms with E-state index in [-0.39, 0.29) is 23.7 Å². The first-order valence-corrected chi connectivity index (χ1v) is 5.81. The van der Waals surface area contributed by atoms with Crippen molar-refractivity contribution in [2.75, 3.05) is 19.6 Å². The van der Waals surface area contributed by atoms with E-state index in [1.54, 1.807) is 4.90 Å². The van der Waals surface area contributed by atoms with Crippen molar-refractivity contribution < 1.29 is 14.7 Å². The fourth-order valence-electron chi connectivity index (χ4n) is 2.29. The zero-order chi connectivity index (χ0) is 11.7. The molecule has 2 saturated heterocycles. The van der Waals surface area contributed by atoms with Gasteiger partial charge in [0.2, 0.25) is 11.8 Å². The second-order valence-electron chi connectivity index (χ2n) is 4.82.